The number of fused-ring (bicyclic) bond motifs is 1. The average molecular weight is 260 g/mol. The van der Waals surface area contributed by atoms with E-state index in [1.54, 1.807) is 0 Å². The van der Waals surface area contributed by atoms with Crippen molar-refractivity contribution in [3.8, 4) is 0 Å². The Morgan fingerprint density at radius 3 is 2.22 bits per heavy atom. The number of aryl methyl sites for hydroxylation is 1. The van der Waals surface area contributed by atoms with Crippen molar-refractivity contribution < 1.29 is 17.6 Å². The number of hydrogen-bond donors (Lipinski definition) is 0. The third-order valence-electron chi connectivity index (χ3n) is 2.21. The quantitative estimate of drug-likeness (QED) is 0.666. The molecular weight excluding hydrogens is 248 g/mol. The summed E-state index contributed by atoms with van der Waals surface area (Å²) in [4.78, 5) is 7.28. The van der Waals surface area contributed by atoms with Crippen LogP contribution in [-0.2, 0) is 6.18 Å². The number of hydrogen-bond acceptors (Lipinski definition) is 2. The summed E-state index contributed by atoms with van der Waals surface area (Å²) in [5.74, 6) is -0.947. The summed E-state index contributed by atoms with van der Waals surface area (Å²) in [6, 6.07) is 1.44. The van der Waals surface area contributed by atoms with Crippen LogP contribution >= 0.6 is 0 Å². The minimum atomic E-state index is -4.62. The van der Waals surface area contributed by atoms with Crippen LogP contribution in [0, 0.1) is 12.7 Å². The fourth-order valence-electron chi connectivity index (χ4n) is 1.47. The maximum atomic E-state index is 13.1. The average Bonchev–Trinajstić information content (AvgIpc) is 2.31. The molecule has 0 atom stereocenters. The Labute approximate surface area is 102 Å². The normalized spacial score (nSPS) is 11.1. The second kappa shape index (κ2) is 5.29. The molecule has 0 N–H and O–H groups in total. The molecule has 2 nitrogen and oxygen atoms in total. The van der Waals surface area contributed by atoms with Crippen LogP contribution in [0.1, 0.15) is 25.1 Å². The van der Waals surface area contributed by atoms with Crippen molar-refractivity contribution in [1.29, 1.82) is 0 Å². The fraction of sp³-hybridized carbons (Fsp3) is 0.333. The Hall–Kier alpha value is -1.72. The minimum absolute atomic E-state index is 0.0785. The topological polar surface area (TPSA) is 25.8 Å². The van der Waals surface area contributed by atoms with Crippen molar-refractivity contribution in [2.45, 2.75) is 26.9 Å². The largest absolute Gasteiger partial charge is 0.418 e. The van der Waals surface area contributed by atoms with E-state index in [1.165, 1.54) is 6.92 Å². The van der Waals surface area contributed by atoms with Gasteiger partial charge in [-0.25, -0.2) is 14.4 Å². The Morgan fingerprint density at radius 2 is 1.67 bits per heavy atom. The molecule has 18 heavy (non-hydrogen) atoms. The van der Waals surface area contributed by atoms with Crippen LogP contribution in [0.3, 0.4) is 0 Å². The number of aromatic nitrogens is 2. The first kappa shape index (κ1) is 14.3. The van der Waals surface area contributed by atoms with Gasteiger partial charge in [0.25, 0.3) is 0 Å². The van der Waals surface area contributed by atoms with Gasteiger partial charge in [-0.15, -0.1) is 0 Å². The number of rotatable bonds is 0. The van der Waals surface area contributed by atoms with Crippen LogP contribution in [0.2, 0.25) is 0 Å². The highest BCUT2D eigenvalue weighted by Crippen LogP contribution is 2.34. The molecule has 98 valence electrons. The van der Waals surface area contributed by atoms with E-state index in [0.717, 1.165) is 12.4 Å². The Bertz CT molecular complexity index is 550. The number of halogens is 4. The first-order valence-electron chi connectivity index (χ1n) is 5.37. The van der Waals surface area contributed by atoms with Gasteiger partial charge in [-0.05, 0) is 19.1 Å². The molecule has 0 spiro atoms. The summed E-state index contributed by atoms with van der Waals surface area (Å²) in [6.45, 7) is 5.50. The molecule has 0 fully saturated rings. The summed E-state index contributed by atoms with van der Waals surface area (Å²) in [6.07, 6.45) is -3.59. The molecule has 0 amide bonds. The molecule has 0 radical (unpaired) electrons. The number of alkyl halides is 3. The predicted molar refractivity (Wildman–Crippen MR) is 60.6 cm³/mol. The molecule has 1 aromatic carbocycles. The second-order valence-electron chi connectivity index (χ2n) is 3.31. The Kier molecular flexibility index (Phi) is 4.21. The van der Waals surface area contributed by atoms with Gasteiger partial charge in [0.05, 0.1) is 11.1 Å². The first-order chi connectivity index (χ1) is 8.39. The molecule has 0 aliphatic carbocycles. The van der Waals surface area contributed by atoms with Gasteiger partial charge in [0, 0.05) is 11.1 Å². The summed E-state index contributed by atoms with van der Waals surface area (Å²) < 4.78 is 50.9. The lowest BCUT2D eigenvalue weighted by molar-refractivity contribution is -0.136. The monoisotopic (exact) mass is 260 g/mol. The zero-order valence-electron chi connectivity index (χ0n) is 10.1. The molecule has 2 aromatic rings. The lowest BCUT2D eigenvalue weighted by Gasteiger charge is -2.10. The third kappa shape index (κ3) is 2.75. The summed E-state index contributed by atoms with van der Waals surface area (Å²) >= 11 is 0. The Morgan fingerprint density at radius 1 is 1.06 bits per heavy atom. The minimum Gasteiger partial charge on any atom is -0.241 e. The molecule has 0 saturated heterocycles. The van der Waals surface area contributed by atoms with Gasteiger partial charge < -0.3 is 0 Å². The van der Waals surface area contributed by atoms with Crippen LogP contribution < -0.4 is 0 Å². The lowest BCUT2D eigenvalue weighted by Crippen LogP contribution is -2.08. The highest BCUT2D eigenvalue weighted by Gasteiger charge is 2.34. The van der Waals surface area contributed by atoms with Gasteiger partial charge in [-0.2, -0.15) is 13.2 Å². The van der Waals surface area contributed by atoms with Crippen molar-refractivity contribution in [2.75, 3.05) is 0 Å². The molecule has 0 bridgehead atoms. The molecule has 6 heteroatoms. The van der Waals surface area contributed by atoms with Crippen molar-refractivity contribution >= 4 is 10.9 Å². The SMILES string of the molecule is CC.Cc1ncnc2c(C(F)(F)F)cc(F)cc12. The highest BCUT2D eigenvalue weighted by atomic mass is 19.4. The van der Waals surface area contributed by atoms with Gasteiger partial charge in [0.1, 0.15) is 12.1 Å². The summed E-state index contributed by atoms with van der Waals surface area (Å²) in [5, 5.41) is 0.0785. The van der Waals surface area contributed by atoms with E-state index in [4.69, 9.17) is 0 Å². The molecule has 1 heterocycles. The fourth-order valence-corrected chi connectivity index (χ4v) is 1.47. The highest BCUT2D eigenvalue weighted by molar-refractivity contribution is 5.84. The maximum absolute atomic E-state index is 13.1. The molecule has 2 rings (SSSR count). The van der Waals surface area contributed by atoms with E-state index in [1.807, 2.05) is 13.8 Å². The summed E-state index contributed by atoms with van der Waals surface area (Å²) in [5.41, 5.74) is -1.04. The van der Waals surface area contributed by atoms with Gasteiger partial charge >= 0.3 is 6.18 Å². The lowest BCUT2D eigenvalue weighted by atomic mass is 10.1. The van der Waals surface area contributed by atoms with Crippen LogP contribution in [-0.4, -0.2) is 9.97 Å². The maximum Gasteiger partial charge on any atom is 0.418 e. The predicted octanol–water partition coefficient (Wildman–Crippen LogP) is 4.12. The van der Waals surface area contributed by atoms with Crippen molar-refractivity contribution in [2.24, 2.45) is 0 Å². The van der Waals surface area contributed by atoms with E-state index in [-0.39, 0.29) is 10.9 Å². The zero-order chi connectivity index (χ0) is 13.9. The van der Waals surface area contributed by atoms with Gasteiger partial charge in [0.15, 0.2) is 0 Å². The smallest absolute Gasteiger partial charge is 0.241 e. The van der Waals surface area contributed by atoms with Crippen molar-refractivity contribution in [1.82, 2.24) is 9.97 Å². The van der Waals surface area contributed by atoms with Crippen LogP contribution in [0.25, 0.3) is 10.9 Å². The zero-order valence-corrected chi connectivity index (χ0v) is 10.1. The Balaban J connectivity index is 0.000000771. The summed E-state index contributed by atoms with van der Waals surface area (Å²) in [7, 11) is 0. The van der Waals surface area contributed by atoms with E-state index in [0.29, 0.717) is 11.8 Å². The standard InChI is InChI=1S/C10H6F4N2.C2H6/c1-5-7-2-6(11)3-8(10(12,13)14)9(7)16-4-15-5;1-2/h2-4H,1H3;1-2H3. The molecule has 0 saturated carbocycles. The molecule has 0 aliphatic rings. The van der Waals surface area contributed by atoms with Crippen LogP contribution in [0.4, 0.5) is 17.6 Å². The van der Waals surface area contributed by atoms with E-state index >= 15 is 0 Å². The van der Waals surface area contributed by atoms with E-state index in [9.17, 15) is 17.6 Å². The van der Waals surface area contributed by atoms with Gasteiger partial charge in [-0.3, -0.25) is 0 Å². The van der Waals surface area contributed by atoms with Gasteiger partial charge in [-0.1, -0.05) is 13.8 Å². The third-order valence-corrected chi connectivity index (χ3v) is 2.21. The van der Waals surface area contributed by atoms with E-state index < -0.39 is 17.6 Å². The molecule has 1 aromatic heterocycles. The van der Waals surface area contributed by atoms with Gasteiger partial charge in [0.2, 0.25) is 0 Å². The molecule has 0 aliphatic heterocycles. The van der Waals surface area contributed by atoms with Crippen molar-refractivity contribution in [3.63, 3.8) is 0 Å². The van der Waals surface area contributed by atoms with Crippen LogP contribution in [0.15, 0.2) is 18.5 Å². The second-order valence-corrected chi connectivity index (χ2v) is 3.31. The van der Waals surface area contributed by atoms with Crippen molar-refractivity contribution in [3.05, 3.63) is 35.5 Å². The molecule has 0 unspecified atom stereocenters. The molecular formula is C12H12F4N2. The van der Waals surface area contributed by atoms with E-state index in [2.05, 4.69) is 9.97 Å². The number of benzene rings is 1. The number of nitrogens with zero attached hydrogens (tertiary/aromatic N) is 2. The first-order valence-corrected chi connectivity index (χ1v) is 5.37. The van der Waals surface area contributed by atoms with Crippen LogP contribution in [0.5, 0.6) is 0 Å².